The Balaban J connectivity index is 2.22. The maximum Gasteiger partial charge on any atom is 0.226 e. The quantitative estimate of drug-likeness (QED) is 0.543. The molecule has 0 saturated heterocycles. The van der Waals surface area contributed by atoms with Crippen LogP contribution in [0.5, 0.6) is 0 Å². The van der Waals surface area contributed by atoms with Crippen molar-refractivity contribution in [3.05, 3.63) is 0 Å². The molecular formula is C13H24N2OS. The molecule has 0 bridgehead atoms. The third-order valence-corrected chi connectivity index (χ3v) is 4.06. The molecule has 0 aromatic carbocycles. The standard InChI is InChI=1S/C13H24N2OS/c1-2-13(8-4-5-9-13)12(16)15-10-6-3-7-11(14)17/h2-10H2,1H3,(H2,14,17)(H,15,16). The number of nitrogens with two attached hydrogens (primary N) is 1. The van der Waals surface area contributed by atoms with Crippen LogP contribution in [0.2, 0.25) is 0 Å². The van der Waals surface area contributed by atoms with Gasteiger partial charge in [0.15, 0.2) is 0 Å². The number of unbranched alkanes of at least 4 members (excludes halogenated alkanes) is 1. The molecule has 3 nitrogen and oxygen atoms in total. The van der Waals surface area contributed by atoms with E-state index in [1.807, 2.05) is 0 Å². The lowest BCUT2D eigenvalue weighted by Crippen LogP contribution is -2.39. The largest absolute Gasteiger partial charge is 0.393 e. The highest BCUT2D eigenvalue weighted by atomic mass is 32.1. The number of hydrogen-bond acceptors (Lipinski definition) is 2. The summed E-state index contributed by atoms with van der Waals surface area (Å²) in [4.78, 5) is 12.7. The summed E-state index contributed by atoms with van der Waals surface area (Å²) < 4.78 is 0. The van der Waals surface area contributed by atoms with Crippen LogP contribution in [0.25, 0.3) is 0 Å². The molecule has 0 heterocycles. The number of carbonyl (C=O) groups is 1. The Morgan fingerprint density at radius 1 is 1.35 bits per heavy atom. The van der Waals surface area contributed by atoms with E-state index in [1.54, 1.807) is 0 Å². The van der Waals surface area contributed by atoms with Gasteiger partial charge in [0, 0.05) is 12.0 Å². The van der Waals surface area contributed by atoms with Crippen LogP contribution in [0.4, 0.5) is 0 Å². The van der Waals surface area contributed by atoms with Gasteiger partial charge in [0.1, 0.15) is 0 Å². The van der Waals surface area contributed by atoms with Crippen molar-refractivity contribution in [2.45, 2.75) is 58.3 Å². The van der Waals surface area contributed by atoms with E-state index < -0.39 is 0 Å². The van der Waals surface area contributed by atoms with Crippen molar-refractivity contribution in [3.8, 4) is 0 Å². The van der Waals surface area contributed by atoms with E-state index in [0.717, 1.165) is 45.1 Å². The first kappa shape index (κ1) is 14.4. The molecule has 0 unspecified atom stereocenters. The predicted molar refractivity (Wildman–Crippen MR) is 74.8 cm³/mol. The first-order chi connectivity index (χ1) is 8.10. The van der Waals surface area contributed by atoms with Crippen LogP contribution >= 0.6 is 12.2 Å². The lowest BCUT2D eigenvalue weighted by atomic mass is 9.82. The molecule has 0 radical (unpaired) electrons. The fourth-order valence-electron chi connectivity index (χ4n) is 2.61. The number of amides is 1. The predicted octanol–water partition coefficient (Wildman–Crippen LogP) is 2.53. The first-order valence-corrected chi connectivity index (χ1v) is 7.08. The molecule has 1 aliphatic rings. The van der Waals surface area contributed by atoms with E-state index in [2.05, 4.69) is 12.2 Å². The van der Waals surface area contributed by atoms with E-state index >= 15 is 0 Å². The number of hydrogen-bond donors (Lipinski definition) is 2. The fraction of sp³-hybridized carbons (Fsp3) is 0.846. The molecule has 1 aliphatic carbocycles. The second kappa shape index (κ2) is 6.94. The van der Waals surface area contributed by atoms with Crippen LogP contribution in [0.15, 0.2) is 0 Å². The number of rotatable bonds is 7. The average Bonchev–Trinajstić information content (AvgIpc) is 2.77. The van der Waals surface area contributed by atoms with Gasteiger partial charge in [0.2, 0.25) is 5.91 Å². The topological polar surface area (TPSA) is 55.1 Å². The van der Waals surface area contributed by atoms with Crippen LogP contribution < -0.4 is 11.1 Å². The zero-order valence-corrected chi connectivity index (χ0v) is 11.6. The minimum atomic E-state index is -0.0663. The van der Waals surface area contributed by atoms with Crippen LogP contribution in [0.3, 0.4) is 0 Å². The van der Waals surface area contributed by atoms with Crippen LogP contribution in [0, 0.1) is 5.41 Å². The van der Waals surface area contributed by atoms with Crippen molar-refractivity contribution < 1.29 is 4.79 Å². The van der Waals surface area contributed by atoms with Gasteiger partial charge in [-0.2, -0.15) is 0 Å². The Bertz CT molecular complexity index is 273. The van der Waals surface area contributed by atoms with Crippen LogP contribution in [-0.2, 0) is 4.79 Å². The van der Waals surface area contributed by atoms with Crippen molar-refractivity contribution >= 4 is 23.1 Å². The molecule has 0 aromatic heterocycles. The van der Waals surface area contributed by atoms with Gasteiger partial charge < -0.3 is 11.1 Å². The second-order valence-corrected chi connectivity index (χ2v) is 5.54. The Kier molecular flexibility index (Phi) is 5.89. The van der Waals surface area contributed by atoms with E-state index in [1.165, 1.54) is 12.8 Å². The van der Waals surface area contributed by atoms with Crippen molar-refractivity contribution in [2.75, 3.05) is 6.54 Å². The van der Waals surface area contributed by atoms with Gasteiger partial charge in [-0.1, -0.05) is 32.0 Å². The van der Waals surface area contributed by atoms with Gasteiger partial charge in [0.25, 0.3) is 0 Å². The first-order valence-electron chi connectivity index (χ1n) is 6.67. The van der Waals surface area contributed by atoms with Gasteiger partial charge in [-0.15, -0.1) is 0 Å². The molecular weight excluding hydrogens is 232 g/mol. The number of thiocarbonyl (C=S) groups is 1. The monoisotopic (exact) mass is 256 g/mol. The van der Waals surface area contributed by atoms with E-state index in [0.29, 0.717) is 4.99 Å². The van der Waals surface area contributed by atoms with E-state index in [4.69, 9.17) is 18.0 Å². The minimum absolute atomic E-state index is 0.0663. The summed E-state index contributed by atoms with van der Waals surface area (Å²) in [7, 11) is 0. The Hall–Kier alpha value is -0.640. The molecule has 0 aromatic rings. The zero-order valence-electron chi connectivity index (χ0n) is 10.8. The molecule has 4 heteroatoms. The van der Waals surface area contributed by atoms with Crippen LogP contribution in [-0.4, -0.2) is 17.4 Å². The van der Waals surface area contributed by atoms with E-state index in [9.17, 15) is 4.79 Å². The molecule has 98 valence electrons. The normalized spacial score (nSPS) is 17.9. The summed E-state index contributed by atoms with van der Waals surface area (Å²) >= 11 is 4.81. The Morgan fingerprint density at radius 3 is 2.53 bits per heavy atom. The molecule has 17 heavy (non-hydrogen) atoms. The zero-order chi connectivity index (χ0) is 12.7. The van der Waals surface area contributed by atoms with Gasteiger partial charge in [-0.3, -0.25) is 4.79 Å². The van der Waals surface area contributed by atoms with Gasteiger partial charge in [-0.25, -0.2) is 0 Å². The molecule has 1 rings (SSSR count). The summed E-state index contributed by atoms with van der Waals surface area (Å²) in [5.74, 6) is 0.257. The lowest BCUT2D eigenvalue weighted by Gasteiger charge is -2.25. The fourth-order valence-corrected chi connectivity index (χ4v) is 2.75. The third-order valence-electron chi connectivity index (χ3n) is 3.85. The summed E-state index contributed by atoms with van der Waals surface area (Å²) in [5, 5.41) is 3.07. The Labute approximate surface area is 110 Å². The van der Waals surface area contributed by atoms with Gasteiger partial charge in [0.05, 0.1) is 4.99 Å². The van der Waals surface area contributed by atoms with E-state index in [-0.39, 0.29) is 11.3 Å². The summed E-state index contributed by atoms with van der Waals surface area (Å²) in [6.45, 7) is 2.88. The number of carbonyl (C=O) groups excluding carboxylic acids is 1. The van der Waals surface area contributed by atoms with Gasteiger partial charge in [-0.05, 0) is 38.5 Å². The van der Waals surface area contributed by atoms with Crippen molar-refractivity contribution in [1.29, 1.82) is 0 Å². The molecule has 1 fully saturated rings. The second-order valence-electron chi connectivity index (χ2n) is 5.02. The maximum absolute atomic E-state index is 12.1. The highest BCUT2D eigenvalue weighted by Crippen LogP contribution is 2.40. The molecule has 1 saturated carbocycles. The average molecular weight is 256 g/mol. The lowest BCUT2D eigenvalue weighted by molar-refractivity contribution is -0.131. The molecule has 0 aliphatic heterocycles. The smallest absolute Gasteiger partial charge is 0.226 e. The molecule has 0 spiro atoms. The highest BCUT2D eigenvalue weighted by Gasteiger charge is 2.38. The number of nitrogens with one attached hydrogen (secondary N) is 1. The molecule has 1 amide bonds. The maximum atomic E-state index is 12.1. The SMILES string of the molecule is CCC1(C(=O)NCCCCC(N)=S)CCCC1. The van der Waals surface area contributed by atoms with Crippen molar-refractivity contribution in [1.82, 2.24) is 5.32 Å². The summed E-state index contributed by atoms with van der Waals surface area (Å²) in [6, 6.07) is 0. The third kappa shape index (κ3) is 4.26. The van der Waals surface area contributed by atoms with Crippen molar-refractivity contribution in [3.63, 3.8) is 0 Å². The molecule has 3 N–H and O–H groups in total. The minimum Gasteiger partial charge on any atom is -0.393 e. The van der Waals surface area contributed by atoms with Crippen molar-refractivity contribution in [2.24, 2.45) is 11.1 Å². The molecule has 0 atom stereocenters. The highest BCUT2D eigenvalue weighted by molar-refractivity contribution is 7.80. The summed E-state index contributed by atoms with van der Waals surface area (Å²) in [6.07, 6.45) is 8.18. The van der Waals surface area contributed by atoms with Gasteiger partial charge >= 0.3 is 0 Å². The van der Waals surface area contributed by atoms with Crippen LogP contribution in [0.1, 0.15) is 58.3 Å². The Morgan fingerprint density at radius 2 is 2.00 bits per heavy atom. The summed E-state index contributed by atoms with van der Waals surface area (Å²) in [5.41, 5.74) is 5.35.